The zero-order chi connectivity index (χ0) is 22.2. The fraction of sp³-hybridized carbons (Fsp3) is 0.440. The van der Waals surface area contributed by atoms with E-state index in [-0.39, 0.29) is 17.9 Å². The summed E-state index contributed by atoms with van der Waals surface area (Å²) < 4.78 is 0.964. The summed E-state index contributed by atoms with van der Waals surface area (Å²) in [5.74, 6) is 0.213. The molecule has 0 radical (unpaired) electrons. The Morgan fingerprint density at radius 2 is 1.84 bits per heavy atom. The van der Waals surface area contributed by atoms with Gasteiger partial charge < -0.3 is 10.2 Å². The number of hydrogen-bond donors (Lipinski definition) is 1. The van der Waals surface area contributed by atoms with Crippen LogP contribution < -0.4 is 5.32 Å². The Kier molecular flexibility index (Phi) is 9.02. The highest BCUT2D eigenvalue weighted by Gasteiger charge is 2.28. The van der Waals surface area contributed by atoms with Crippen LogP contribution in [0.3, 0.4) is 0 Å². The zero-order valence-corrected chi connectivity index (χ0v) is 20.7. The minimum absolute atomic E-state index is 0.0307. The second kappa shape index (κ2) is 11.7. The van der Waals surface area contributed by atoms with Gasteiger partial charge in [0.1, 0.15) is 6.04 Å². The van der Waals surface area contributed by atoms with Crippen LogP contribution in [0.4, 0.5) is 0 Å². The molecular weight excluding hydrogens is 472 g/mol. The molecule has 6 heteroatoms. The Morgan fingerprint density at radius 1 is 1.13 bits per heavy atom. The molecule has 1 saturated carbocycles. The first kappa shape index (κ1) is 23.9. The SMILES string of the molecule is Cc1ccc(SCC(=O)N(Cc2cccc(Br)c2)C(C)C(=O)NC2CCCCC2)cc1. The molecule has 2 aromatic carbocycles. The minimum Gasteiger partial charge on any atom is -0.352 e. The second-order valence-corrected chi connectivity index (χ2v) is 10.2. The number of carbonyl (C=O) groups is 2. The third-order valence-corrected chi connectivity index (χ3v) is 7.23. The number of nitrogens with zero attached hydrogens (tertiary/aromatic N) is 1. The molecule has 2 aromatic rings. The van der Waals surface area contributed by atoms with Gasteiger partial charge in [0.15, 0.2) is 0 Å². The van der Waals surface area contributed by atoms with Gasteiger partial charge in [-0.2, -0.15) is 0 Å². The molecule has 4 nitrogen and oxygen atoms in total. The number of carbonyl (C=O) groups excluding carboxylic acids is 2. The summed E-state index contributed by atoms with van der Waals surface area (Å²) in [5, 5.41) is 3.18. The Balaban J connectivity index is 1.70. The number of benzene rings is 2. The van der Waals surface area contributed by atoms with E-state index in [9.17, 15) is 9.59 Å². The number of rotatable bonds is 8. The summed E-state index contributed by atoms with van der Waals surface area (Å²) >= 11 is 5.01. The zero-order valence-electron chi connectivity index (χ0n) is 18.3. The van der Waals surface area contributed by atoms with E-state index in [2.05, 4.69) is 21.2 Å². The molecule has 1 unspecified atom stereocenters. The molecule has 1 aliphatic rings. The molecule has 0 saturated heterocycles. The smallest absolute Gasteiger partial charge is 0.242 e. The van der Waals surface area contributed by atoms with Gasteiger partial charge in [0.25, 0.3) is 0 Å². The second-order valence-electron chi connectivity index (χ2n) is 8.27. The van der Waals surface area contributed by atoms with Gasteiger partial charge in [-0.05, 0) is 56.5 Å². The van der Waals surface area contributed by atoms with E-state index in [1.807, 2.05) is 62.4 Å². The first-order chi connectivity index (χ1) is 14.9. The van der Waals surface area contributed by atoms with Crippen molar-refractivity contribution in [2.24, 2.45) is 0 Å². The van der Waals surface area contributed by atoms with Gasteiger partial charge in [0.05, 0.1) is 5.75 Å². The van der Waals surface area contributed by atoms with Crippen molar-refractivity contribution in [2.75, 3.05) is 5.75 Å². The molecule has 3 rings (SSSR count). The predicted molar refractivity (Wildman–Crippen MR) is 131 cm³/mol. The molecule has 31 heavy (non-hydrogen) atoms. The standard InChI is InChI=1S/C25H31BrN2O2S/c1-18-11-13-23(14-12-18)31-17-24(29)28(16-20-7-6-8-21(26)15-20)19(2)25(30)27-22-9-4-3-5-10-22/h6-8,11-15,19,22H,3-5,9-10,16-17H2,1-2H3,(H,27,30). The predicted octanol–water partition coefficient (Wildman–Crippen LogP) is 5.72. The number of aryl methyl sites for hydroxylation is 1. The quantitative estimate of drug-likeness (QED) is 0.469. The van der Waals surface area contributed by atoms with Gasteiger partial charge >= 0.3 is 0 Å². The molecule has 1 aliphatic carbocycles. The van der Waals surface area contributed by atoms with Crippen molar-refractivity contribution in [3.05, 3.63) is 64.1 Å². The summed E-state index contributed by atoms with van der Waals surface area (Å²) in [6.07, 6.45) is 5.62. The molecule has 0 spiro atoms. The molecule has 0 aliphatic heterocycles. The summed E-state index contributed by atoms with van der Waals surface area (Å²) in [5.41, 5.74) is 2.19. The van der Waals surface area contributed by atoms with E-state index >= 15 is 0 Å². The van der Waals surface area contributed by atoms with Crippen LogP contribution in [-0.2, 0) is 16.1 Å². The van der Waals surface area contributed by atoms with E-state index in [0.717, 1.165) is 40.6 Å². The molecule has 1 atom stereocenters. The molecule has 0 bridgehead atoms. The van der Waals surface area contributed by atoms with Crippen molar-refractivity contribution >= 4 is 39.5 Å². The van der Waals surface area contributed by atoms with Gasteiger partial charge in [-0.25, -0.2) is 0 Å². The Hall–Kier alpha value is -1.79. The highest BCUT2D eigenvalue weighted by molar-refractivity contribution is 9.10. The highest BCUT2D eigenvalue weighted by atomic mass is 79.9. The maximum atomic E-state index is 13.2. The van der Waals surface area contributed by atoms with Crippen molar-refractivity contribution in [3.63, 3.8) is 0 Å². The fourth-order valence-corrected chi connectivity index (χ4v) is 5.08. The maximum absolute atomic E-state index is 13.2. The lowest BCUT2D eigenvalue weighted by molar-refractivity contribution is -0.139. The van der Waals surface area contributed by atoms with Gasteiger partial charge in [-0.3, -0.25) is 9.59 Å². The lowest BCUT2D eigenvalue weighted by atomic mass is 9.95. The summed E-state index contributed by atoms with van der Waals surface area (Å²) in [6, 6.07) is 15.8. The third kappa shape index (κ3) is 7.39. The number of amides is 2. The van der Waals surface area contributed by atoms with E-state index in [0.29, 0.717) is 12.3 Å². The topological polar surface area (TPSA) is 49.4 Å². The summed E-state index contributed by atoms with van der Waals surface area (Å²) in [6.45, 7) is 4.29. The average Bonchev–Trinajstić information content (AvgIpc) is 2.77. The summed E-state index contributed by atoms with van der Waals surface area (Å²) in [7, 11) is 0. The Morgan fingerprint density at radius 3 is 2.52 bits per heavy atom. The van der Waals surface area contributed by atoms with Crippen LogP contribution in [0.25, 0.3) is 0 Å². The monoisotopic (exact) mass is 502 g/mol. The maximum Gasteiger partial charge on any atom is 0.242 e. The third-order valence-electron chi connectivity index (χ3n) is 5.74. The summed E-state index contributed by atoms with van der Waals surface area (Å²) in [4.78, 5) is 29.0. The largest absolute Gasteiger partial charge is 0.352 e. The minimum atomic E-state index is -0.521. The number of hydrogen-bond acceptors (Lipinski definition) is 3. The van der Waals surface area contributed by atoms with E-state index < -0.39 is 6.04 Å². The van der Waals surface area contributed by atoms with E-state index in [4.69, 9.17) is 0 Å². The first-order valence-electron chi connectivity index (χ1n) is 11.0. The Bertz CT molecular complexity index is 881. The Labute approximate surface area is 198 Å². The van der Waals surface area contributed by atoms with E-state index in [1.54, 1.807) is 4.90 Å². The van der Waals surface area contributed by atoms with Crippen LogP contribution in [0, 0.1) is 6.92 Å². The molecular formula is C25H31BrN2O2S. The van der Waals surface area contributed by atoms with Crippen LogP contribution in [0.2, 0.25) is 0 Å². The van der Waals surface area contributed by atoms with Crippen LogP contribution in [-0.4, -0.2) is 34.6 Å². The van der Waals surface area contributed by atoms with Crippen molar-refractivity contribution in [1.82, 2.24) is 10.2 Å². The number of thioether (sulfide) groups is 1. The molecule has 2 amide bonds. The van der Waals surface area contributed by atoms with Crippen LogP contribution in [0.1, 0.15) is 50.2 Å². The van der Waals surface area contributed by atoms with Crippen LogP contribution in [0.15, 0.2) is 57.9 Å². The normalized spacial score (nSPS) is 15.3. The van der Waals surface area contributed by atoms with E-state index in [1.165, 1.54) is 23.7 Å². The van der Waals surface area contributed by atoms with Crippen LogP contribution >= 0.6 is 27.7 Å². The number of halogens is 1. The van der Waals surface area contributed by atoms with Crippen LogP contribution in [0.5, 0.6) is 0 Å². The molecule has 0 heterocycles. The van der Waals surface area contributed by atoms with Crippen molar-refractivity contribution < 1.29 is 9.59 Å². The van der Waals surface area contributed by atoms with Crippen molar-refractivity contribution in [2.45, 2.75) is 69.5 Å². The average molecular weight is 504 g/mol. The van der Waals surface area contributed by atoms with Crippen molar-refractivity contribution in [1.29, 1.82) is 0 Å². The van der Waals surface area contributed by atoms with Crippen molar-refractivity contribution in [3.8, 4) is 0 Å². The lowest BCUT2D eigenvalue weighted by Crippen LogP contribution is -2.50. The van der Waals surface area contributed by atoms with Gasteiger partial charge in [0, 0.05) is 22.0 Å². The molecule has 166 valence electrons. The molecule has 0 aromatic heterocycles. The van der Waals surface area contributed by atoms with Gasteiger partial charge in [-0.1, -0.05) is 65.0 Å². The van der Waals surface area contributed by atoms with Gasteiger partial charge in [-0.15, -0.1) is 11.8 Å². The molecule has 1 fully saturated rings. The fourth-order valence-electron chi connectivity index (χ4n) is 3.85. The first-order valence-corrected chi connectivity index (χ1v) is 12.7. The number of nitrogens with one attached hydrogen (secondary N) is 1. The lowest BCUT2D eigenvalue weighted by Gasteiger charge is -2.31. The highest BCUT2D eigenvalue weighted by Crippen LogP contribution is 2.22. The molecule has 1 N–H and O–H groups in total. The van der Waals surface area contributed by atoms with Gasteiger partial charge in [0.2, 0.25) is 11.8 Å².